The van der Waals surface area contributed by atoms with E-state index >= 15 is 0 Å². The minimum absolute atomic E-state index is 0.0228. The molecular formula is C20H21Cl2N5O3. The molecule has 3 aromatic rings. The highest BCUT2D eigenvalue weighted by molar-refractivity contribution is 6.42. The minimum Gasteiger partial charge on any atom is -0.496 e. The highest BCUT2D eigenvalue weighted by Crippen LogP contribution is 2.29. The summed E-state index contributed by atoms with van der Waals surface area (Å²) >= 11 is 12.2. The number of methoxy groups -OCH3 is 1. The molecule has 0 bridgehead atoms. The van der Waals surface area contributed by atoms with Crippen molar-refractivity contribution < 1.29 is 14.6 Å². The van der Waals surface area contributed by atoms with Crippen molar-refractivity contribution in [3.05, 3.63) is 63.9 Å². The molecule has 0 radical (unpaired) electrons. The molecule has 8 nitrogen and oxygen atoms in total. The van der Waals surface area contributed by atoms with Gasteiger partial charge in [-0.15, -0.1) is 5.10 Å². The third-order valence-corrected chi connectivity index (χ3v) is 5.50. The van der Waals surface area contributed by atoms with Gasteiger partial charge in [-0.2, -0.15) is 0 Å². The lowest BCUT2D eigenvalue weighted by Gasteiger charge is -2.25. The van der Waals surface area contributed by atoms with Crippen LogP contribution in [0.5, 0.6) is 5.75 Å². The monoisotopic (exact) mass is 449 g/mol. The third kappa shape index (κ3) is 4.89. The fourth-order valence-corrected chi connectivity index (χ4v) is 3.50. The fraction of sp³-hybridized carbons (Fsp3) is 0.300. The Bertz CT molecular complexity index is 1010. The number of aromatic nitrogens is 4. The first-order valence-electron chi connectivity index (χ1n) is 9.17. The summed E-state index contributed by atoms with van der Waals surface area (Å²) in [7, 11) is 3.21. The van der Waals surface area contributed by atoms with Crippen LogP contribution in [0.15, 0.2) is 42.7 Å². The van der Waals surface area contributed by atoms with Crippen molar-refractivity contribution in [3.63, 3.8) is 0 Å². The second kappa shape index (κ2) is 9.88. The van der Waals surface area contributed by atoms with Gasteiger partial charge in [0.05, 0.1) is 28.4 Å². The minimum atomic E-state index is -0.232. The normalized spacial score (nSPS) is 11.9. The lowest BCUT2D eigenvalue weighted by molar-refractivity contribution is 0.0777. The van der Waals surface area contributed by atoms with Crippen molar-refractivity contribution in [1.82, 2.24) is 25.1 Å². The zero-order valence-electron chi connectivity index (χ0n) is 16.5. The van der Waals surface area contributed by atoms with E-state index in [1.165, 1.54) is 18.1 Å². The Labute approximate surface area is 184 Å². The predicted molar refractivity (Wildman–Crippen MR) is 114 cm³/mol. The van der Waals surface area contributed by atoms with Crippen LogP contribution >= 0.6 is 23.2 Å². The molecule has 3 rings (SSSR count). The van der Waals surface area contributed by atoms with Gasteiger partial charge in [0, 0.05) is 26.1 Å². The van der Waals surface area contributed by atoms with E-state index in [0.717, 1.165) is 5.56 Å². The predicted octanol–water partition coefficient (Wildman–Crippen LogP) is 3.22. The van der Waals surface area contributed by atoms with Gasteiger partial charge in [-0.1, -0.05) is 29.3 Å². The zero-order valence-corrected chi connectivity index (χ0v) is 18.0. The van der Waals surface area contributed by atoms with Crippen molar-refractivity contribution in [2.45, 2.75) is 12.3 Å². The molecule has 30 heavy (non-hydrogen) atoms. The average Bonchev–Trinajstić information content (AvgIpc) is 3.29. The van der Waals surface area contributed by atoms with Crippen molar-refractivity contribution in [2.24, 2.45) is 0 Å². The summed E-state index contributed by atoms with van der Waals surface area (Å²) in [6, 6.07) is 10.5. The number of tetrazole rings is 1. The second-order valence-electron chi connectivity index (χ2n) is 6.71. The molecule has 0 aliphatic heterocycles. The molecule has 0 saturated carbocycles. The van der Waals surface area contributed by atoms with Gasteiger partial charge in [-0.25, -0.2) is 4.68 Å². The molecule has 2 aromatic carbocycles. The standard InChI is InChI=1S/C20H21Cl2N5O3/c1-26(11-14(7-8-28)13-3-5-17(21)18(22)9-13)20(29)16-10-15(4-6-19(16)30-2)27-12-23-24-25-27/h3-6,9-10,12,14,28H,7-8,11H2,1-2H3. The van der Waals surface area contributed by atoms with E-state index in [1.807, 2.05) is 6.07 Å². The average molecular weight is 450 g/mol. The van der Waals surface area contributed by atoms with Gasteiger partial charge in [0.25, 0.3) is 5.91 Å². The van der Waals surface area contributed by atoms with Crippen LogP contribution in [-0.4, -0.2) is 63.4 Å². The number of likely N-dealkylation sites (N-methyl/N-ethyl adjacent to an activating group) is 1. The Morgan fingerprint density at radius 1 is 1.23 bits per heavy atom. The Hall–Kier alpha value is -2.68. The van der Waals surface area contributed by atoms with Crippen molar-refractivity contribution in [1.29, 1.82) is 0 Å². The first-order chi connectivity index (χ1) is 14.4. The van der Waals surface area contributed by atoms with Gasteiger partial charge in [-0.3, -0.25) is 4.79 Å². The third-order valence-electron chi connectivity index (χ3n) is 4.76. The molecule has 1 aromatic heterocycles. The topological polar surface area (TPSA) is 93.4 Å². The number of carbonyl (C=O) groups is 1. The van der Waals surface area contributed by atoms with E-state index in [-0.39, 0.29) is 18.4 Å². The molecule has 158 valence electrons. The molecule has 0 saturated heterocycles. The van der Waals surface area contributed by atoms with Gasteiger partial charge in [0.15, 0.2) is 0 Å². The van der Waals surface area contributed by atoms with Crippen molar-refractivity contribution in [2.75, 3.05) is 27.3 Å². The number of carbonyl (C=O) groups excluding carboxylic acids is 1. The fourth-order valence-electron chi connectivity index (χ4n) is 3.19. The van der Waals surface area contributed by atoms with Gasteiger partial charge in [0.2, 0.25) is 0 Å². The Balaban J connectivity index is 1.86. The quantitative estimate of drug-likeness (QED) is 0.567. The molecule has 1 heterocycles. The number of benzene rings is 2. The van der Waals surface area contributed by atoms with Crippen LogP contribution in [0.25, 0.3) is 5.69 Å². The number of aliphatic hydroxyl groups is 1. The summed E-state index contributed by atoms with van der Waals surface area (Å²) in [4.78, 5) is 14.8. The number of nitrogens with zero attached hydrogens (tertiary/aromatic N) is 5. The first-order valence-corrected chi connectivity index (χ1v) is 9.92. The summed E-state index contributed by atoms with van der Waals surface area (Å²) in [5, 5.41) is 21.5. The highest BCUT2D eigenvalue weighted by Gasteiger charge is 2.22. The summed E-state index contributed by atoms with van der Waals surface area (Å²) in [5.41, 5.74) is 1.91. The Kier molecular flexibility index (Phi) is 7.25. The van der Waals surface area contributed by atoms with E-state index in [0.29, 0.717) is 40.0 Å². The maximum Gasteiger partial charge on any atom is 0.257 e. The van der Waals surface area contributed by atoms with Gasteiger partial charge in [0.1, 0.15) is 12.1 Å². The van der Waals surface area contributed by atoms with Gasteiger partial charge < -0.3 is 14.7 Å². The molecule has 1 N–H and O–H groups in total. The van der Waals surface area contributed by atoms with Gasteiger partial charge >= 0.3 is 0 Å². The molecule has 1 atom stereocenters. The van der Waals surface area contributed by atoms with Crippen molar-refractivity contribution in [3.8, 4) is 11.4 Å². The van der Waals surface area contributed by atoms with Gasteiger partial charge in [-0.05, 0) is 52.7 Å². The lowest BCUT2D eigenvalue weighted by atomic mass is 9.95. The number of hydrogen-bond donors (Lipinski definition) is 1. The summed E-state index contributed by atoms with van der Waals surface area (Å²) < 4.78 is 6.83. The molecule has 0 aliphatic rings. The van der Waals surface area contributed by atoms with E-state index in [9.17, 15) is 9.90 Å². The smallest absolute Gasteiger partial charge is 0.257 e. The molecule has 1 unspecified atom stereocenters. The molecule has 1 amide bonds. The van der Waals surface area contributed by atoms with Crippen LogP contribution in [0.1, 0.15) is 28.3 Å². The Morgan fingerprint density at radius 3 is 2.67 bits per heavy atom. The van der Waals surface area contributed by atoms with Crippen LogP contribution in [0.2, 0.25) is 10.0 Å². The second-order valence-corrected chi connectivity index (χ2v) is 7.52. The van der Waals surface area contributed by atoms with Crippen LogP contribution < -0.4 is 4.74 Å². The van der Waals surface area contributed by atoms with Crippen LogP contribution in [-0.2, 0) is 0 Å². The maximum atomic E-state index is 13.2. The summed E-state index contributed by atoms with van der Waals surface area (Å²) in [5.74, 6) is 0.0918. The number of amides is 1. The molecular weight excluding hydrogens is 429 g/mol. The van der Waals surface area contributed by atoms with E-state index in [1.54, 1.807) is 42.3 Å². The number of halogens is 2. The van der Waals surface area contributed by atoms with Crippen molar-refractivity contribution >= 4 is 29.1 Å². The molecule has 0 fully saturated rings. The van der Waals surface area contributed by atoms with E-state index < -0.39 is 0 Å². The Morgan fingerprint density at radius 2 is 2.03 bits per heavy atom. The largest absolute Gasteiger partial charge is 0.496 e. The van der Waals surface area contributed by atoms with E-state index in [4.69, 9.17) is 27.9 Å². The van der Waals surface area contributed by atoms with Crippen LogP contribution in [0.3, 0.4) is 0 Å². The molecule has 10 heteroatoms. The summed E-state index contributed by atoms with van der Waals surface area (Å²) in [6.07, 6.45) is 1.92. The molecule has 0 spiro atoms. The summed E-state index contributed by atoms with van der Waals surface area (Å²) in [6.45, 7) is 0.348. The molecule has 0 aliphatic carbocycles. The SMILES string of the molecule is COc1ccc(-n2cnnn2)cc1C(=O)N(C)CC(CCO)c1ccc(Cl)c(Cl)c1. The number of rotatable bonds is 8. The maximum absolute atomic E-state index is 13.2. The number of aliphatic hydroxyl groups excluding tert-OH is 1. The van der Waals surface area contributed by atoms with Crippen LogP contribution in [0, 0.1) is 0 Å². The first kappa shape index (κ1) is 22.0. The van der Waals surface area contributed by atoms with Crippen LogP contribution in [0.4, 0.5) is 0 Å². The van der Waals surface area contributed by atoms with E-state index in [2.05, 4.69) is 15.5 Å². The highest BCUT2D eigenvalue weighted by atomic mass is 35.5. The zero-order chi connectivity index (χ0) is 21.7. The number of ether oxygens (including phenoxy) is 1. The lowest BCUT2D eigenvalue weighted by Crippen LogP contribution is -2.32. The number of hydrogen-bond acceptors (Lipinski definition) is 6.